The third-order valence-corrected chi connectivity index (χ3v) is 14.1. The van der Waals surface area contributed by atoms with Gasteiger partial charge in [0.15, 0.2) is 0 Å². The molecule has 0 unspecified atom stereocenters. The average molecular weight is 806 g/mol. The van der Waals surface area contributed by atoms with Gasteiger partial charge in [0.05, 0.1) is 29.9 Å². The molecule has 0 spiro atoms. The van der Waals surface area contributed by atoms with Crippen molar-refractivity contribution < 1.29 is 38.5 Å². The lowest BCUT2D eigenvalue weighted by Crippen LogP contribution is -2.59. The van der Waals surface area contributed by atoms with Crippen molar-refractivity contribution in [3.63, 3.8) is 0 Å². The smallest absolute Gasteiger partial charge is 0.408 e. The number of nitrogens with one attached hydrogen (secondary N) is 2. The second-order valence-corrected chi connectivity index (χ2v) is 19.1. The van der Waals surface area contributed by atoms with E-state index in [-0.39, 0.29) is 36.4 Å². The largest absolute Gasteiger partial charge is 0.495 e. The number of hydrogen-bond donors (Lipinski definition) is 3. The highest BCUT2D eigenvalue weighted by Crippen LogP contribution is 2.93. The molecule has 13 nitrogen and oxygen atoms in total. The first kappa shape index (κ1) is 38.4. The first-order valence-electron chi connectivity index (χ1n) is 19.2. The molecule has 298 valence electrons. The zero-order valence-corrected chi connectivity index (χ0v) is 34.0. The minimum absolute atomic E-state index is 0.0317. The van der Waals surface area contributed by atoms with Crippen molar-refractivity contribution in [1.29, 1.82) is 0 Å². The Hall–Kier alpha value is -4.43. The predicted molar refractivity (Wildman–Crippen MR) is 210 cm³/mol. The number of aliphatic carboxylic acids is 1. The van der Waals surface area contributed by atoms with Crippen LogP contribution in [0, 0.1) is 22.2 Å². The third kappa shape index (κ3) is 6.46. The average Bonchev–Trinajstić information content (AvgIpc) is 3.89. The molecule has 5 atom stereocenters. The summed E-state index contributed by atoms with van der Waals surface area (Å²) in [6.07, 6.45) is 4.28. The van der Waals surface area contributed by atoms with Gasteiger partial charge in [0.2, 0.25) is 11.8 Å². The first-order chi connectivity index (χ1) is 26.4. The van der Waals surface area contributed by atoms with Gasteiger partial charge < -0.3 is 34.9 Å². The van der Waals surface area contributed by atoms with Crippen LogP contribution in [0.2, 0.25) is 5.02 Å². The van der Waals surface area contributed by atoms with E-state index in [0.717, 1.165) is 17.8 Å². The van der Waals surface area contributed by atoms with Gasteiger partial charge in [-0.2, -0.15) is 0 Å². The van der Waals surface area contributed by atoms with E-state index >= 15 is 0 Å². The number of halogens is 1. The Kier molecular flexibility index (Phi) is 9.15. The molecule has 3 aromatic rings. The maximum absolute atomic E-state index is 14.7. The van der Waals surface area contributed by atoms with Crippen LogP contribution in [-0.2, 0) is 19.1 Å². The summed E-state index contributed by atoms with van der Waals surface area (Å²) in [4.78, 5) is 65.7. The van der Waals surface area contributed by atoms with Gasteiger partial charge in [-0.1, -0.05) is 52.3 Å². The van der Waals surface area contributed by atoms with Gasteiger partial charge in [0, 0.05) is 35.1 Å². The van der Waals surface area contributed by atoms with E-state index in [1.807, 2.05) is 26.2 Å². The lowest BCUT2D eigenvalue weighted by molar-refractivity contribution is -0.146. The van der Waals surface area contributed by atoms with Crippen LogP contribution in [-0.4, -0.2) is 87.3 Å². The number of pyridine rings is 1. The van der Waals surface area contributed by atoms with Crippen LogP contribution < -0.4 is 20.1 Å². The SMILES string of the molecule is C=C[C@@H]1C[C@]1(NC(=O)[C@@H]1C[C@@H](Oc2cc(-c3csc(C(C)C)n3)nc3c(Cl)c(OC)ccc23)CN1C(=O)[C@@H](NC(=O)OC1CC23CC2(C1)C3)C(C)(C)C)C(=O)O. The molecule has 56 heavy (non-hydrogen) atoms. The zero-order valence-electron chi connectivity index (χ0n) is 32.4. The highest BCUT2D eigenvalue weighted by Gasteiger charge is 2.86. The molecule has 4 aliphatic carbocycles. The highest BCUT2D eigenvalue weighted by molar-refractivity contribution is 7.10. The van der Waals surface area contributed by atoms with Gasteiger partial charge >= 0.3 is 12.1 Å². The Morgan fingerprint density at radius 3 is 2.38 bits per heavy atom. The number of carboxylic acid groups (broad SMARTS) is 1. The van der Waals surface area contributed by atoms with Crippen molar-refractivity contribution >= 4 is 57.7 Å². The fourth-order valence-electron chi connectivity index (χ4n) is 9.16. The number of ether oxygens (including phenoxy) is 3. The van der Waals surface area contributed by atoms with Crippen LogP contribution in [0.15, 0.2) is 36.2 Å². The quantitative estimate of drug-likeness (QED) is 0.167. The van der Waals surface area contributed by atoms with Crippen molar-refractivity contribution in [3.8, 4) is 22.9 Å². The minimum Gasteiger partial charge on any atom is -0.495 e. The van der Waals surface area contributed by atoms with Gasteiger partial charge in [-0.3, -0.25) is 9.59 Å². The summed E-state index contributed by atoms with van der Waals surface area (Å²) in [5.74, 6) is -1.73. The van der Waals surface area contributed by atoms with E-state index in [1.165, 1.54) is 42.3 Å². The summed E-state index contributed by atoms with van der Waals surface area (Å²) in [6.45, 7) is 13.3. The molecule has 8 rings (SSSR count). The first-order valence-corrected chi connectivity index (χ1v) is 20.4. The summed E-state index contributed by atoms with van der Waals surface area (Å²) in [5, 5.41) is 19.4. The van der Waals surface area contributed by atoms with Gasteiger partial charge in [0.25, 0.3) is 0 Å². The fraction of sp³-hybridized carbons (Fsp3) is 0.561. The van der Waals surface area contributed by atoms with Crippen molar-refractivity contribution in [2.24, 2.45) is 22.2 Å². The molecular weight excluding hydrogens is 758 g/mol. The highest BCUT2D eigenvalue weighted by atomic mass is 35.5. The number of aromatic nitrogens is 2. The molecule has 5 aliphatic rings. The number of fused-ring (bicyclic) bond motifs is 1. The molecule has 5 fully saturated rings. The number of carbonyl (C=O) groups excluding carboxylic acids is 3. The number of benzene rings is 1. The Labute approximate surface area is 334 Å². The number of thiazole rings is 1. The molecular formula is C41H48ClN5O8S. The van der Waals surface area contributed by atoms with E-state index in [9.17, 15) is 24.3 Å². The number of rotatable bonds is 12. The maximum atomic E-state index is 14.7. The standard InChI is InChI=1S/C41H48ClN5O8S/c1-8-21-13-41(21,36(50)51)46-33(48)27-11-22(16-47(27)35(49)32(38(4,5)6)45-37(52)55-23-14-39-18-40(39,15-23)19-39)54-29-12-25(26-17-56-34(44-26)20(2)3)43-31-24(29)9-10-28(53-7)30(31)42/h8-10,12,17,20-23,27,32H,1,11,13-16,18-19H2,2-7H3,(H,45,52)(H,46,48)(H,50,51)/t21-,22-,23?,27+,32-,39?,40?,41-/m1/s1. The van der Waals surface area contributed by atoms with Gasteiger partial charge in [-0.25, -0.2) is 19.6 Å². The van der Waals surface area contributed by atoms with Crippen LogP contribution in [0.3, 0.4) is 0 Å². The molecule has 1 saturated heterocycles. The molecule has 3 heterocycles. The Morgan fingerprint density at radius 2 is 1.79 bits per heavy atom. The molecule has 3 amide bonds. The molecule has 0 bridgehead atoms. The van der Waals surface area contributed by atoms with E-state index in [2.05, 4.69) is 31.1 Å². The second kappa shape index (κ2) is 13.3. The topological polar surface area (TPSA) is 169 Å². The van der Waals surface area contributed by atoms with E-state index < -0.39 is 58.9 Å². The monoisotopic (exact) mass is 805 g/mol. The van der Waals surface area contributed by atoms with Gasteiger partial charge in [0.1, 0.15) is 52.0 Å². The number of nitrogens with zero attached hydrogens (tertiary/aromatic N) is 3. The number of amides is 3. The predicted octanol–water partition coefficient (Wildman–Crippen LogP) is 6.72. The summed E-state index contributed by atoms with van der Waals surface area (Å²) in [6, 6.07) is 3.09. The molecule has 2 aromatic heterocycles. The summed E-state index contributed by atoms with van der Waals surface area (Å²) in [7, 11) is 1.52. The van der Waals surface area contributed by atoms with Crippen LogP contribution in [0.5, 0.6) is 11.5 Å². The lowest BCUT2D eigenvalue weighted by atomic mass is 9.85. The number of carboxylic acids is 1. The summed E-state index contributed by atoms with van der Waals surface area (Å²) < 4.78 is 18.0. The van der Waals surface area contributed by atoms with E-state index in [1.54, 1.807) is 18.2 Å². The number of likely N-dealkylation sites (tertiary alicyclic amines) is 1. The third-order valence-electron chi connectivity index (χ3n) is 12.6. The lowest BCUT2D eigenvalue weighted by Gasteiger charge is -2.35. The summed E-state index contributed by atoms with van der Waals surface area (Å²) >= 11 is 8.34. The van der Waals surface area contributed by atoms with E-state index in [0.29, 0.717) is 44.6 Å². The number of carbonyl (C=O) groups is 4. The van der Waals surface area contributed by atoms with Crippen LogP contribution >= 0.6 is 22.9 Å². The molecule has 4 saturated carbocycles. The Bertz CT molecular complexity index is 2140. The molecule has 15 heteroatoms. The van der Waals surface area contributed by atoms with Gasteiger partial charge in [-0.05, 0) is 60.5 Å². The number of hydrogen-bond acceptors (Lipinski definition) is 10. The Balaban J connectivity index is 1.10. The van der Waals surface area contributed by atoms with Crippen molar-refractivity contribution in [3.05, 3.63) is 46.3 Å². The van der Waals surface area contributed by atoms with Crippen LogP contribution in [0.1, 0.15) is 84.1 Å². The van der Waals surface area contributed by atoms with Crippen molar-refractivity contribution in [2.75, 3.05) is 13.7 Å². The number of methoxy groups -OCH3 is 1. The zero-order chi connectivity index (χ0) is 40.1. The van der Waals surface area contributed by atoms with Crippen LogP contribution in [0.25, 0.3) is 22.3 Å². The Morgan fingerprint density at radius 1 is 1.07 bits per heavy atom. The second-order valence-electron chi connectivity index (χ2n) is 17.8. The number of alkyl carbamates (subject to hydrolysis) is 1. The fourth-order valence-corrected chi connectivity index (χ4v) is 10.3. The molecule has 3 N–H and O–H groups in total. The minimum atomic E-state index is -1.52. The normalized spacial score (nSPS) is 30.2. The van der Waals surface area contributed by atoms with Crippen LogP contribution in [0.4, 0.5) is 4.79 Å². The molecule has 1 aliphatic heterocycles. The van der Waals surface area contributed by atoms with Gasteiger partial charge in [-0.15, -0.1) is 17.9 Å². The summed E-state index contributed by atoms with van der Waals surface area (Å²) in [5.41, 5.74) is 0.00116. The molecule has 1 aromatic carbocycles. The van der Waals surface area contributed by atoms with E-state index in [4.69, 9.17) is 35.8 Å². The maximum Gasteiger partial charge on any atom is 0.408 e. The molecule has 0 radical (unpaired) electrons. The van der Waals surface area contributed by atoms with Crippen molar-refractivity contribution in [1.82, 2.24) is 25.5 Å². The van der Waals surface area contributed by atoms with Crippen molar-refractivity contribution in [2.45, 2.75) is 109 Å².